The molecule has 2 aromatic rings. The lowest BCUT2D eigenvalue weighted by Crippen LogP contribution is -2.53. The number of nitrogens with zero attached hydrogens (tertiary/aromatic N) is 7. The van der Waals surface area contributed by atoms with Crippen molar-refractivity contribution in [2.75, 3.05) is 77.4 Å². The Kier molecular flexibility index (Phi) is 8.08. The van der Waals surface area contributed by atoms with Gasteiger partial charge in [0, 0.05) is 71.3 Å². The molecule has 2 amide bonds. The van der Waals surface area contributed by atoms with E-state index in [1.807, 2.05) is 21.7 Å². The van der Waals surface area contributed by atoms with Gasteiger partial charge >= 0.3 is 0 Å². The zero-order valence-electron chi connectivity index (χ0n) is 20.3. The number of amides is 2. The summed E-state index contributed by atoms with van der Waals surface area (Å²) in [6.45, 7) is 9.46. The van der Waals surface area contributed by atoms with Crippen LogP contribution < -0.4 is 4.90 Å². The number of aryl methyl sites for hydroxylation is 1. The molecule has 0 bridgehead atoms. The number of hydrogen-bond acceptors (Lipinski definition) is 7. The zero-order valence-corrected chi connectivity index (χ0v) is 20.3. The number of piperazine rings is 2. The summed E-state index contributed by atoms with van der Waals surface area (Å²) in [5.41, 5.74) is 2.59. The predicted octanol–water partition coefficient (Wildman–Crippen LogP) is 0.710. The Labute approximate surface area is 202 Å². The van der Waals surface area contributed by atoms with Crippen molar-refractivity contribution in [1.82, 2.24) is 29.6 Å². The highest BCUT2D eigenvalue weighted by Gasteiger charge is 2.25. The smallest absolute Gasteiger partial charge is 0.236 e. The minimum Gasteiger partial charge on any atom is -0.339 e. The maximum absolute atomic E-state index is 12.8. The number of benzene rings is 1. The summed E-state index contributed by atoms with van der Waals surface area (Å²) in [6.07, 6.45) is 3.46. The van der Waals surface area contributed by atoms with E-state index in [-0.39, 0.29) is 24.9 Å². The average Bonchev–Trinajstić information content (AvgIpc) is 2.85. The molecule has 4 rings (SSSR count). The van der Waals surface area contributed by atoms with Gasteiger partial charge in [-0.05, 0) is 25.6 Å². The molecule has 9 heteroatoms. The third kappa shape index (κ3) is 6.51. The van der Waals surface area contributed by atoms with Crippen molar-refractivity contribution in [2.45, 2.75) is 13.5 Å². The lowest BCUT2D eigenvalue weighted by Gasteiger charge is -2.36. The quantitative estimate of drug-likeness (QED) is 0.596. The fourth-order valence-electron chi connectivity index (χ4n) is 4.55. The Hall–Kier alpha value is -3.04. The first-order valence-corrected chi connectivity index (χ1v) is 12.0. The number of carbonyl (C=O) groups is 2. The van der Waals surface area contributed by atoms with Gasteiger partial charge in [0.15, 0.2) is 0 Å². The van der Waals surface area contributed by atoms with E-state index in [0.29, 0.717) is 32.1 Å². The Bertz CT molecular complexity index is 955. The van der Waals surface area contributed by atoms with Gasteiger partial charge in [-0.1, -0.05) is 29.8 Å². The maximum Gasteiger partial charge on any atom is 0.236 e. The van der Waals surface area contributed by atoms with Gasteiger partial charge in [-0.15, -0.1) is 0 Å². The molecule has 0 aliphatic carbocycles. The van der Waals surface area contributed by atoms with E-state index in [1.165, 1.54) is 11.1 Å². The van der Waals surface area contributed by atoms with Gasteiger partial charge in [0.05, 0.1) is 13.1 Å². The van der Waals surface area contributed by atoms with Crippen molar-refractivity contribution in [3.63, 3.8) is 0 Å². The topological polar surface area (TPSA) is 76.1 Å². The van der Waals surface area contributed by atoms with Gasteiger partial charge < -0.3 is 14.7 Å². The molecule has 2 aliphatic rings. The van der Waals surface area contributed by atoms with E-state index >= 15 is 0 Å². The highest BCUT2D eigenvalue weighted by atomic mass is 16.2. The largest absolute Gasteiger partial charge is 0.339 e. The lowest BCUT2D eigenvalue weighted by molar-refractivity contribution is -0.136. The molecule has 0 unspecified atom stereocenters. The molecular weight excluding hydrogens is 430 g/mol. The van der Waals surface area contributed by atoms with Crippen LogP contribution >= 0.6 is 0 Å². The van der Waals surface area contributed by atoms with Crippen LogP contribution in [0.25, 0.3) is 0 Å². The normalized spacial score (nSPS) is 17.3. The number of likely N-dealkylation sites (N-methyl/N-ethyl adjacent to an activating group) is 1. The van der Waals surface area contributed by atoms with E-state index in [4.69, 9.17) is 0 Å². The van der Waals surface area contributed by atoms with Crippen LogP contribution in [0.15, 0.2) is 42.7 Å². The second-order valence-electron chi connectivity index (χ2n) is 9.23. The summed E-state index contributed by atoms with van der Waals surface area (Å²) in [5, 5.41) is 0. The second-order valence-corrected chi connectivity index (χ2v) is 9.23. The fraction of sp³-hybridized carbons (Fsp3) is 0.520. The Balaban J connectivity index is 1.16. The van der Waals surface area contributed by atoms with Crippen molar-refractivity contribution >= 4 is 17.8 Å². The second kappa shape index (κ2) is 11.4. The minimum absolute atomic E-state index is 0.0619. The zero-order chi connectivity index (χ0) is 23.9. The number of carbonyl (C=O) groups excluding carboxylic acids is 2. The van der Waals surface area contributed by atoms with E-state index in [9.17, 15) is 9.59 Å². The molecule has 0 atom stereocenters. The summed E-state index contributed by atoms with van der Waals surface area (Å²) in [5.74, 6) is 0.861. The van der Waals surface area contributed by atoms with Crippen LogP contribution in [0.5, 0.6) is 0 Å². The lowest BCUT2D eigenvalue weighted by atomic mass is 10.1. The SMILES string of the molecule is Cc1cccc(CN2CCN(C(=O)CN(C)CC(=O)N3CCN(c4ncccn4)CC3)CC2)c1. The third-order valence-electron chi connectivity index (χ3n) is 6.49. The first-order valence-electron chi connectivity index (χ1n) is 12.0. The average molecular weight is 466 g/mol. The van der Waals surface area contributed by atoms with Gasteiger partial charge in [-0.25, -0.2) is 9.97 Å². The first kappa shape index (κ1) is 24.1. The molecule has 2 saturated heterocycles. The number of aromatic nitrogens is 2. The van der Waals surface area contributed by atoms with Crippen molar-refractivity contribution in [1.29, 1.82) is 0 Å². The molecule has 0 saturated carbocycles. The minimum atomic E-state index is 0.0619. The number of rotatable bonds is 7. The third-order valence-corrected chi connectivity index (χ3v) is 6.49. The Morgan fingerprint density at radius 2 is 1.44 bits per heavy atom. The van der Waals surface area contributed by atoms with E-state index in [0.717, 1.165) is 32.7 Å². The molecular formula is C25H35N7O2. The fourth-order valence-corrected chi connectivity index (χ4v) is 4.55. The maximum atomic E-state index is 12.8. The van der Waals surface area contributed by atoms with Crippen LogP contribution in [-0.2, 0) is 16.1 Å². The van der Waals surface area contributed by atoms with Gasteiger partial charge in [0.25, 0.3) is 0 Å². The highest BCUT2D eigenvalue weighted by Crippen LogP contribution is 2.12. The van der Waals surface area contributed by atoms with Gasteiger partial charge in [-0.2, -0.15) is 0 Å². The van der Waals surface area contributed by atoms with Crippen LogP contribution in [0.1, 0.15) is 11.1 Å². The molecule has 0 N–H and O–H groups in total. The number of anilines is 1. The summed E-state index contributed by atoms with van der Waals surface area (Å²) < 4.78 is 0. The highest BCUT2D eigenvalue weighted by molar-refractivity contribution is 5.81. The Morgan fingerprint density at radius 1 is 0.853 bits per heavy atom. The van der Waals surface area contributed by atoms with Crippen molar-refractivity contribution in [2.24, 2.45) is 0 Å². The molecule has 34 heavy (non-hydrogen) atoms. The van der Waals surface area contributed by atoms with Crippen LogP contribution in [-0.4, -0.2) is 114 Å². The molecule has 2 aliphatic heterocycles. The molecule has 3 heterocycles. The van der Waals surface area contributed by atoms with Crippen molar-refractivity contribution in [3.8, 4) is 0 Å². The van der Waals surface area contributed by atoms with Crippen LogP contribution in [0.2, 0.25) is 0 Å². The summed E-state index contributed by atoms with van der Waals surface area (Å²) in [6, 6.07) is 10.4. The van der Waals surface area contributed by atoms with E-state index in [1.54, 1.807) is 18.5 Å². The van der Waals surface area contributed by atoms with E-state index < -0.39 is 0 Å². The van der Waals surface area contributed by atoms with Crippen molar-refractivity contribution in [3.05, 3.63) is 53.9 Å². The monoisotopic (exact) mass is 465 g/mol. The Morgan fingerprint density at radius 3 is 2.03 bits per heavy atom. The number of hydrogen-bond donors (Lipinski definition) is 0. The molecule has 182 valence electrons. The van der Waals surface area contributed by atoms with E-state index in [2.05, 4.69) is 51.0 Å². The summed E-state index contributed by atoms with van der Waals surface area (Å²) >= 11 is 0. The van der Waals surface area contributed by atoms with Gasteiger partial charge in [0.1, 0.15) is 0 Å². The summed E-state index contributed by atoms with van der Waals surface area (Å²) in [7, 11) is 1.85. The van der Waals surface area contributed by atoms with Crippen LogP contribution in [0.4, 0.5) is 5.95 Å². The molecule has 1 aromatic carbocycles. The molecule has 0 spiro atoms. The van der Waals surface area contributed by atoms with Gasteiger partial charge in [0.2, 0.25) is 17.8 Å². The first-order chi connectivity index (χ1) is 16.5. The molecule has 9 nitrogen and oxygen atoms in total. The molecule has 2 fully saturated rings. The van der Waals surface area contributed by atoms with Crippen LogP contribution in [0, 0.1) is 6.92 Å². The molecule has 1 aromatic heterocycles. The molecule has 0 radical (unpaired) electrons. The standard InChI is InChI=1S/C25H35N7O2/c1-21-5-3-6-22(17-21)18-29-9-11-30(12-10-29)23(33)19-28(2)20-24(34)31-13-15-32(16-14-31)25-26-7-4-8-27-25/h3-8,17H,9-16,18-20H2,1-2H3. The summed E-state index contributed by atoms with van der Waals surface area (Å²) in [4.78, 5) is 44.2. The van der Waals surface area contributed by atoms with Crippen LogP contribution in [0.3, 0.4) is 0 Å². The van der Waals surface area contributed by atoms with Gasteiger partial charge in [-0.3, -0.25) is 19.4 Å². The predicted molar refractivity (Wildman–Crippen MR) is 131 cm³/mol. The van der Waals surface area contributed by atoms with Crippen molar-refractivity contribution < 1.29 is 9.59 Å².